The number of aromatic nitrogens is 1. The number of fused-ring (bicyclic) bond motifs is 1. The molecule has 1 unspecified atom stereocenters. The van der Waals surface area contributed by atoms with E-state index in [-0.39, 0.29) is 11.8 Å². The van der Waals surface area contributed by atoms with E-state index in [2.05, 4.69) is 16.7 Å². The molecule has 7 nitrogen and oxygen atoms in total. The van der Waals surface area contributed by atoms with Crippen LogP contribution in [0.2, 0.25) is 0 Å². The fraction of sp³-hybridized carbons (Fsp3) is 0.367. The standard InChI is InChI=1S/C30H35N3O4/c1-19-17-18-33(36)20(2)26(19)22-13-15-23(16-14-22)31-28(34)27(32-29(35)37-30(3,4)5)25-12-8-10-21-9-6-7-11-24(21)25/h6-7,9,11,13-18,25,27H,8,10,12H2,1-5H3,(H,31,34)(H,32,35)/t25-,27?/m0/s1. The summed E-state index contributed by atoms with van der Waals surface area (Å²) < 4.78 is 6.34. The number of carbonyl (C=O) groups is 2. The zero-order valence-electron chi connectivity index (χ0n) is 22.1. The van der Waals surface area contributed by atoms with Crippen LogP contribution in [0.1, 0.15) is 61.9 Å². The Morgan fingerprint density at radius 1 is 1.05 bits per heavy atom. The van der Waals surface area contributed by atoms with Gasteiger partial charge in [-0.25, -0.2) is 4.79 Å². The Labute approximate surface area is 218 Å². The maximum Gasteiger partial charge on any atom is 0.408 e. The molecule has 3 aromatic rings. The fourth-order valence-electron chi connectivity index (χ4n) is 5.07. The molecule has 1 aromatic heterocycles. The summed E-state index contributed by atoms with van der Waals surface area (Å²) in [5.74, 6) is -0.469. The van der Waals surface area contributed by atoms with Gasteiger partial charge in [-0.3, -0.25) is 4.79 Å². The van der Waals surface area contributed by atoms with E-state index in [1.807, 2.05) is 49.4 Å². The van der Waals surface area contributed by atoms with Crippen LogP contribution < -0.4 is 15.4 Å². The molecule has 0 radical (unpaired) electrons. The number of pyridine rings is 1. The first-order chi connectivity index (χ1) is 17.5. The third-order valence-electron chi connectivity index (χ3n) is 6.76. The molecule has 0 fully saturated rings. The molecule has 2 aromatic carbocycles. The van der Waals surface area contributed by atoms with Crippen molar-refractivity contribution in [3.05, 3.63) is 88.4 Å². The summed E-state index contributed by atoms with van der Waals surface area (Å²) in [6.07, 6.45) is 3.56. The van der Waals surface area contributed by atoms with Gasteiger partial charge in [0.25, 0.3) is 0 Å². The summed E-state index contributed by atoms with van der Waals surface area (Å²) in [7, 11) is 0. The monoisotopic (exact) mass is 501 g/mol. The van der Waals surface area contributed by atoms with Crippen molar-refractivity contribution in [2.24, 2.45) is 0 Å². The highest BCUT2D eigenvalue weighted by Crippen LogP contribution is 2.35. The van der Waals surface area contributed by atoms with Gasteiger partial charge < -0.3 is 20.6 Å². The fourth-order valence-corrected chi connectivity index (χ4v) is 5.07. The first-order valence-corrected chi connectivity index (χ1v) is 12.7. The molecule has 1 aliphatic carbocycles. The third-order valence-corrected chi connectivity index (χ3v) is 6.76. The minimum Gasteiger partial charge on any atom is -0.618 e. The van der Waals surface area contributed by atoms with E-state index in [4.69, 9.17) is 4.74 Å². The summed E-state index contributed by atoms with van der Waals surface area (Å²) in [5, 5.41) is 17.9. The smallest absolute Gasteiger partial charge is 0.408 e. The van der Waals surface area contributed by atoms with Crippen molar-refractivity contribution in [3.8, 4) is 11.1 Å². The van der Waals surface area contributed by atoms with E-state index in [0.29, 0.717) is 11.4 Å². The van der Waals surface area contributed by atoms with Gasteiger partial charge in [-0.15, -0.1) is 0 Å². The number of aryl methyl sites for hydroxylation is 2. The molecular weight excluding hydrogens is 466 g/mol. The zero-order chi connectivity index (χ0) is 26.7. The largest absolute Gasteiger partial charge is 0.618 e. The Kier molecular flexibility index (Phi) is 7.52. The number of hydrogen-bond acceptors (Lipinski definition) is 4. The second kappa shape index (κ2) is 10.6. The average Bonchev–Trinajstić information content (AvgIpc) is 2.85. The summed E-state index contributed by atoms with van der Waals surface area (Å²) in [5.41, 5.74) is 5.60. The van der Waals surface area contributed by atoms with E-state index in [9.17, 15) is 14.8 Å². The van der Waals surface area contributed by atoms with Crippen LogP contribution in [0.25, 0.3) is 11.1 Å². The number of alkyl carbamates (subject to hydrolysis) is 1. The molecule has 194 valence electrons. The average molecular weight is 502 g/mol. The Morgan fingerprint density at radius 3 is 2.46 bits per heavy atom. The van der Waals surface area contributed by atoms with Crippen LogP contribution in [-0.2, 0) is 16.0 Å². The van der Waals surface area contributed by atoms with Crippen LogP contribution in [0.4, 0.5) is 10.5 Å². The maximum atomic E-state index is 13.6. The quantitative estimate of drug-likeness (QED) is 0.354. The molecule has 0 spiro atoms. The minimum atomic E-state index is -0.797. The van der Waals surface area contributed by atoms with Crippen molar-refractivity contribution in [1.82, 2.24) is 5.32 Å². The van der Waals surface area contributed by atoms with E-state index in [0.717, 1.165) is 46.2 Å². The van der Waals surface area contributed by atoms with Crippen molar-refractivity contribution >= 4 is 17.7 Å². The summed E-state index contributed by atoms with van der Waals surface area (Å²) in [6.45, 7) is 9.14. The lowest BCUT2D eigenvalue weighted by molar-refractivity contribution is -0.611. The van der Waals surface area contributed by atoms with E-state index < -0.39 is 17.7 Å². The van der Waals surface area contributed by atoms with Crippen molar-refractivity contribution in [3.63, 3.8) is 0 Å². The highest BCUT2D eigenvalue weighted by atomic mass is 16.6. The molecule has 2 atom stereocenters. The van der Waals surface area contributed by atoms with Crippen molar-refractivity contribution in [2.75, 3.05) is 5.32 Å². The molecule has 0 bridgehead atoms. The van der Waals surface area contributed by atoms with Gasteiger partial charge in [-0.05, 0) is 81.3 Å². The Morgan fingerprint density at radius 2 is 1.76 bits per heavy atom. The Hall–Kier alpha value is -3.87. The lowest BCUT2D eigenvalue weighted by Crippen LogP contribution is -2.49. The van der Waals surface area contributed by atoms with Crippen LogP contribution in [0, 0.1) is 19.1 Å². The topological polar surface area (TPSA) is 94.4 Å². The first kappa shape index (κ1) is 26.2. The van der Waals surface area contributed by atoms with Gasteiger partial charge in [0, 0.05) is 24.6 Å². The molecule has 1 heterocycles. The lowest BCUT2D eigenvalue weighted by Gasteiger charge is -2.32. The van der Waals surface area contributed by atoms with Gasteiger partial charge in [0.05, 0.1) is 5.56 Å². The molecular formula is C30H35N3O4. The molecule has 7 heteroatoms. The van der Waals surface area contributed by atoms with Gasteiger partial charge in [0.2, 0.25) is 5.91 Å². The summed E-state index contributed by atoms with van der Waals surface area (Å²) in [4.78, 5) is 26.3. The van der Waals surface area contributed by atoms with Crippen LogP contribution in [0.5, 0.6) is 0 Å². The van der Waals surface area contributed by atoms with Crippen LogP contribution in [0.15, 0.2) is 60.8 Å². The molecule has 1 aliphatic rings. The molecule has 0 saturated carbocycles. The summed E-state index contributed by atoms with van der Waals surface area (Å²) >= 11 is 0. The molecule has 2 amide bonds. The van der Waals surface area contributed by atoms with Crippen molar-refractivity contribution < 1.29 is 19.1 Å². The minimum absolute atomic E-state index is 0.168. The normalized spacial score (nSPS) is 15.9. The molecule has 37 heavy (non-hydrogen) atoms. The van der Waals surface area contributed by atoms with E-state index >= 15 is 0 Å². The Bertz CT molecular complexity index is 1300. The molecule has 0 saturated heterocycles. The van der Waals surface area contributed by atoms with Gasteiger partial charge in [0.15, 0.2) is 11.9 Å². The third kappa shape index (κ3) is 6.10. The van der Waals surface area contributed by atoms with Crippen LogP contribution in [0.3, 0.4) is 0 Å². The highest BCUT2D eigenvalue weighted by Gasteiger charge is 2.35. The maximum absolute atomic E-state index is 13.6. The predicted molar refractivity (Wildman–Crippen MR) is 144 cm³/mol. The number of anilines is 1. The van der Waals surface area contributed by atoms with Crippen molar-refractivity contribution in [2.45, 2.75) is 71.4 Å². The van der Waals surface area contributed by atoms with Gasteiger partial charge in [-0.2, -0.15) is 4.73 Å². The van der Waals surface area contributed by atoms with Gasteiger partial charge in [0.1, 0.15) is 11.6 Å². The second-order valence-electron chi connectivity index (χ2n) is 10.7. The SMILES string of the molecule is Cc1cc[n+]([O-])c(C)c1-c1ccc(NC(=O)C(NC(=O)OC(C)(C)C)[C@H]2CCCc3ccccc32)cc1. The first-order valence-electron chi connectivity index (χ1n) is 12.7. The number of amides is 2. The number of nitrogens with one attached hydrogen (secondary N) is 2. The van der Waals surface area contributed by atoms with E-state index in [1.54, 1.807) is 33.8 Å². The van der Waals surface area contributed by atoms with Crippen LogP contribution >= 0.6 is 0 Å². The van der Waals surface area contributed by atoms with Crippen molar-refractivity contribution in [1.29, 1.82) is 0 Å². The van der Waals surface area contributed by atoms with Gasteiger partial charge >= 0.3 is 6.09 Å². The Balaban J connectivity index is 1.59. The number of carbonyl (C=O) groups excluding carboxylic acids is 2. The van der Waals surface area contributed by atoms with E-state index in [1.165, 1.54) is 11.8 Å². The highest BCUT2D eigenvalue weighted by molar-refractivity contribution is 5.97. The predicted octanol–water partition coefficient (Wildman–Crippen LogP) is 5.56. The number of ether oxygens (including phenoxy) is 1. The number of hydrogen-bond donors (Lipinski definition) is 2. The second-order valence-corrected chi connectivity index (χ2v) is 10.7. The zero-order valence-corrected chi connectivity index (χ0v) is 22.1. The number of benzene rings is 2. The summed E-state index contributed by atoms with van der Waals surface area (Å²) in [6, 6.07) is 16.5. The molecule has 0 aliphatic heterocycles. The number of nitrogens with zero attached hydrogens (tertiary/aromatic N) is 1. The number of rotatable bonds is 5. The van der Waals surface area contributed by atoms with Gasteiger partial charge in [-0.1, -0.05) is 36.4 Å². The molecule has 2 N–H and O–H groups in total. The molecule has 4 rings (SSSR count). The lowest BCUT2D eigenvalue weighted by atomic mass is 9.78. The van der Waals surface area contributed by atoms with Crippen LogP contribution in [-0.4, -0.2) is 23.6 Å².